The number of rotatable bonds is 4. The Morgan fingerprint density at radius 3 is 2.94 bits per heavy atom. The molecule has 84 valence electrons. The Bertz CT molecular complexity index is 414. The zero-order chi connectivity index (χ0) is 12.0. The minimum Gasteiger partial charge on any atom is -0.337 e. The van der Waals surface area contributed by atoms with Crippen LogP contribution in [0.5, 0.6) is 0 Å². The number of nitriles is 1. The van der Waals surface area contributed by atoms with Crippen molar-refractivity contribution in [1.29, 1.82) is 5.26 Å². The fourth-order valence-electron chi connectivity index (χ4n) is 1.28. The molecule has 0 aliphatic carbocycles. The van der Waals surface area contributed by atoms with E-state index in [4.69, 9.17) is 16.9 Å². The van der Waals surface area contributed by atoms with Crippen LogP contribution in [0.15, 0.2) is 18.2 Å². The van der Waals surface area contributed by atoms with Gasteiger partial charge in [0.25, 0.3) is 5.91 Å². The van der Waals surface area contributed by atoms with Gasteiger partial charge in [-0.3, -0.25) is 4.79 Å². The summed E-state index contributed by atoms with van der Waals surface area (Å²) in [5.74, 6) is -0.194. The SMILES string of the molecule is CCN(CCC#N)C(=O)c1cccc(Cl)n1. The van der Waals surface area contributed by atoms with Crippen molar-refractivity contribution in [3.05, 3.63) is 29.0 Å². The number of pyridine rings is 1. The maximum atomic E-state index is 11.9. The Labute approximate surface area is 99.5 Å². The maximum absolute atomic E-state index is 11.9. The number of hydrogen-bond acceptors (Lipinski definition) is 3. The van der Waals surface area contributed by atoms with Crippen LogP contribution in [0.3, 0.4) is 0 Å². The molecular formula is C11H12ClN3O. The summed E-state index contributed by atoms with van der Waals surface area (Å²) in [6.07, 6.45) is 0.320. The Hall–Kier alpha value is -1.60. The molecule has 1 aromatic rings. The lowest BCUT2D eigenvalue weighted by atomic mass is 10.3. The van der Waals surface area contributed by atoms with E-state index in [0.29, 0.717) is 30.4 Å². The van der Waals surface area contributed by atoms with Crippen LogP contribution in [0.25, 0.3) is 0 Å². The van der Waals surface area contributed by atoms with Crippen LogP contribution < -0.4 is 0 Å². The van der Waals surface area contributed by atoms with Crippen molar-refractivity contribution in [3.8, 4) is 6.07 Å². The number of aromatic nitrogens is 1. The van der Waals surface area contributed by atoms with Gasteiger partial charge in [-0.15, -0.1) is 0 Å². The van der Waals surface area contributed by atoms with Crippen LogP contribution in [0.2, 0.25) is 5.15 Å². The van der Waals surface area contributed by atoms with E-state index in [0.717, 1.165) is 0 Å². The third-order valence-electron chi connectivity index (χ3n) is 2.10. The fourth-order valence-corrected chi connectivity index (χ4v) is 1.44. The lowest BCUT2D eigenvalue weighted by Crippen LogP contribution is -2.32. The number of carbonyl (C=O) groups is 1. The standard InChI is InChI=1S/C11H12ClN3O/c1-2-15(8-4-7-13)11(16)9-5-3-6-10(12)14-9/h3,5-6H,2,4,8H2,1H3. The summed E-state index contributed by atoms with van der Waals surface area (Å²) in [5, 5.41) is 8.78. The largest absolute Gasteiger partial charge is 0.337 e. The third kappa shape index (κ3) is 3.21. The molecule has 0 aromatic carbocycles. The molecule has 0 aliphatic rings. The normalized spacial score (nSPS) is 9.56. The average Bonchev–Trinajstić information content (AvgIpc) is 2.29. The van der Waals surface area contributed by atoms with Crippen LogP contribution in [-0.4, -0.2) is 28.9 Å². The quantitative estimate of drug-likeness (QED) is 0.754. The predicted molar refractivity (Wildman–Crippen MR) is 61.1 cm³/mol. The predicted octanol–water partition coefficient (Wildman–Crippen LogP) is 2.11. The van der Waals surface area contributed by atoms with Gasteiger partial charge in [0.2, 0.25) is 0 Å². The second kappa shape index (κ2) is 6.09. The lowest BCUT2D eigenvalue weighted by Gasteiger charge is -2.18. The Balaban J connectivity index is 2.79. The number of nitrogens with zero attached hydrogens (tertiary/aromatic N) is 3. The molecule has 0 saturated carbocycles. The highest BCUT2D eigenvalue weighted by Crippen LogP contribution is 2.08. The molecule has 1 amide bonds. The van der Waals surface area contributed by atoms with Gasteiger partial charge in [-0.1, -0.05) is 17.7 Å². The van der Waals surface area contributed by atoms with Crippen molar-refractivity contribution in [2.45, 2.75) is 13.3 Å². The summed E-state index contributed by atoms with van der Waals surface area (Å²) < 4.78 is 0. The van der Waals surface area contributed by atoms with Gasteiger partial charge >= 0.3 is 0 Å². The molecule has 0 fully saturated rings. The molecule has 16 heavy (non-hydrogen) atoms. The molecule has 4 nitrogen and oxygen atoms in total. The molecule has 0 atom stereocenters. The Morgan fingerprint density at radius 2 is 2.38 bits per heavy atom. The van der Waals surface area contributed by atoms with E-state index in [2.05, 4.69) is 4.98 Å². The van der Waals surface area contributed by atoms with E-state index in [9.17, 15) is 4.79 Å². The van der Waals surface area contributed by atoms with Gasteiger partial charge in [0, 0.05) is 13.1 Å². The first-order valence-corrected chi connectivity index (χ1v) is 5.35. The first kappa shape index (κ1) is 12.5. The maximum Gasteiger partial charge on any atom is 0.272 e. The number of carbonyl (C=O) groups excluding carboxylic acids is 1. The van der Waals surface area contributed by atoms with E-state index < -0.39 is 0 Å². The molecule has 1 rings (SSSR count). The molecule has 0 saturated heterocycles. The minimum atomic E-state index is -0.194. The number of hydrogen-bond donors (Lipinski definition) is 0. The van der Waals surface area contributed by atoms with Crippen LogP contribution in [0.4, 0.5) is 0 Å². The Kier molecular flexibility index (Phi) is 4.74. The van der Waals surface area contributed by atoms with Gasteiger partial charge < -0.3 is 4.90 Å². The van der Waals surface area contributed by atoms with E-state index in [1.54, 1.807) is 23.1 Å². The van der Waals surface area contributed by atoms with E-state index in [-0.39, 0.29) is 5.91 Å². The summed E-state index contributed by atoms with van der Waals surface area (Å²) >= 11 is 5.71. The molecule has 1 heterocycles. The number of halogens is 1. The summed E-state index contributed by atoms with van der Waals surface area (Å²) in [6.45, 7) is 2.83. The number of amides is 1. The Morgan fingerprint density at radius 1 is 1.62 bits per heavy atom. The van der Waals surface area contributed by atoms with Crippen LogP contribution in [0.1, 0.15) is 23.8 Å². The van der Waals surface area contributed by atoms with Gasteiger partial charge in [-0.05, 0) is 19.1 Å². The van der Waals surface area contributed by atoms with E-state index in [1.165, 1.54) is 0 Å². The smallest absolute Gasteiger partial charge is 0.272 e. The molecule has 0 unspecified atom stereocenters. The molecule has 0 N–H and O–H groups in total. The van der Waals surface area contributed by atoms with Gasteiger partial charge in [0.15, 0.2) is 0 Å². The van der Waals surface area contributed by atoms with Crippen LogP contribution in [0, 0.1) is 11.3 Å². The monoisotopic (exact) mass is 237 g/mol. The molecule has 0 spiro atoms. The first-order valence-electron chi connectivity index (χ1n) is 4.97. The summed E-state index contributed by atoms with van der Waals surface area (Å²) in [4.78, 5) is 17.4. The topological polar surface area (TPSA) is 57.0 Å². The molecule has 1 aromatic heterocycles. The zero-order valence-corrected chi connectivity index (χ0v) is 9.74. The molecule has 0 bridgehead atoms. The summed E-state index contributed by atoms with van der Waals surface area (Å²) in [7, 11) is 0. The molecule has 0 radical (unpaired) electrons. The first-order chi connectivity index (χ1) is 7.69. The van der Waals surface area contributed by atoms with Crippen molar-refractivity contribution >= 4 is 17.5 Å². The van der Waals surface area contributed by atoms with Gasteiger partial charge in [0.1, 0.15) is 10.8 Å². The fraction of sp³-hybridized carbons (Fsp3) is 0.364. The third-order valence-corrected chi connectivity index (χ3v) is 2.31. The van der Waals surface area contributed by atoms with Crippen molar-refractivity contribution in [2.24, 2.45) is 0 Å². The lowest BCUT2D eigenvalue weighted by molar-refractivity contribution is 0.0762. The summed E-state index contributed by atoms with van der Waals surface area (Å²) in [6, 6.07) is 6.92. The summed E-state index contributed by atoms with van der Waals surface area (Å²) in [5.41, 5.74) is 0.312. The molecular weight excluding hydrogens is 226 g/mol. The second-order valence-corrected chi connectivity index (χ2v) is 3.53. The van der Waals surface area contributed by atoms with Gasteiger partial charge in [0.05, 0.1) is 12.5 Å². The van der Waals surface area contributed by atoms with Crippen molar-refractivity contribution in [1.82, 2.24) is 9.88 Å². The van der Waals surface area contributed by atoms with E-state index in [1.807, 2.05) is 13.0 Å². The minimum absolute atomic E-state index is 0.194. The highest BCUT2D eigenvalue weighted by Gasteiger charge is 2.14. The average molecular weight is 238 g/mol. The van der Waals surface area contributed by atoms with Crippen molar-refractivity contribution < 1.29 is 4.79 Å². The van der Waals surface area contributed by atoms with E-state index >= 15 is 0 Å². The van der Waals surface area contributed by atoms with Crippen LogP contribution in [-0.2, 0) is 0 Å². The molecule has 5 heteroatoms. The highest BCUT2D eigenvalue weighted by atomic mass is 35.5. The van der Waals surface area contributed by atoms with Gasteiger partial charge in [-0.25, -0.2) is 4.98 Å². The van der Waals surface area contributed by atoms with Gasteiger partial charge in [-0.2, -0.15) is 5.26 Å². The van der Waals surface area contributed by atoms with Crippen molar-refractivity contribution in [2.75, 3.05) is 13.1 Å². The molecule has 0 aliphatic heterocycles. The highest BCUT2D eigenvalue weighted by molar-refractivity contribution is 6.29. The van der Waals surface area contributed by atoms with Crippen molar-refractivity contribution in [3.63, 3.8) is 0 Å². The van der Waals surface area contributed by atoms with Crippen LogP contribution >= 0.6 is 11.6 Å². The zero-order valence-electron chi connectivity index (χ0n) is 8.98. The second-order valence-electron chi connectivity index (χ2n) is 3.14.